The molecule has 2 rings (SSSR count). The van der Waals surface area contributed by atoms with Crippen LogP contribution in [0.2, 0.25) is 4.34 Å². The SMILES string of the molecule is NC(CCc1ccccc1)C(=O)NCCc1ccc(Cl)s1. The maximum absolute atomic E-state index is 11.9. The molecule has 0 aliphatic rings. The summed E-state index contributed by atoms with van der Waals surface area (Å²) in [6.45, 7) is 0.592. The topological polar surface area (TPSA) is 55.1 Å². The molecule has 3 nitrogen and oxygen atoms in total. The summed E-state index contributed by atoms with van der Waals surface area (Å²) in [5, 5.41) is 2.88. The number of nitrogens with two attached hydrogens (primary N) is 1. The highest BCUT2D eigenvalue weighted by Crippen LogP contribution is 2.21. The number of aryl methyl sites for hydroxylation is 1. The lowest BCUT2D eigenvalue weighted by molar-refractivity contribution is -0.122. The smallest absolute Gasteiger partial charge is 0.236 e. The molecule has 1 heterocycles. The number of thiophene rings is 1. The zero-order valence-corrected chi connectivity index (χ0v) is 13.3. The minimum atomic E-state index is -0.461. The number of hydrogen-bond acceptors (Lipinski definition) is 3. The molecule has 1 unspecified atom stereocenters. The molecule has 3 N–H and O–H groups in total. The maximum Gasteiger partial charge on any atom is 0.236 e. The number of halogens is 1. The van der Waals surface area contributed by atoms with Crippen LogP contribution >= 0.6 is 22.9 Å². The van der Waals surface area contributed by atoms with E-state index in [1.165, 1.54) is 16.9 Å². The monoisotopic (exact) mass is 322 g/mol. The summed E-state index contributed by atoms with van der Waals surface area (Å²) in [5.74, 6) is -0.0893. The molecule has 0 bridgehead atoms. The third-order valence-corrected chi connectivity index (χ3v) is 4.51. The van der Waals surface area contributed by atoms with Crippen molar-refractivity contribution in [1.82, 2.24) is 5.32 Å². The molecule has 0 spiro atoms. The molecule has 1 amide bonds. The third-order valence-electron chi connectivity index (χ3n) is 3.22. The van der Waals surface area contributed by atoms with Crippen LogP contribution in [0.4, 0.5) is 0 Å². The Labute approximate surface area is 134 Å². The lowest BCUT2D eigenvalue weighted by Gasteiger charge is -2.12. The summed E-state index contributed by atoms with van der Waals surface area (Å²) in [6.07, 6.45) is 2.26. The minimum absolute atomic E-state index is 0.0893. The van der Waals surface area contributed by atoms with Crippen molar-refractivity contribution in [2.45, 2.75) is 25.3 Å². The van der Waals surface area contributed by atoms with E-state index in [2.05, 4.69) is 5.32 Å². The van der Waals surface area contributed by atoms with Crippen LogP contribution in [0.25, 0.3) is 0 Å². The fraction of sp³-hybridized carbons (Fsp3) is 0.312. The van der Waals surface area contributed by atoms with Crippen LogP contribution in [0.1, 0.15) is 16.9 Å². The van der Waals surface area contributed by atoms with Gasteiger partial charge >= 0.3 is 0 Å². The Morgan fingerprint density at radius 3 is 2.62 bits per heavy atom. The third kappa shape index (κ3) is 5.50. The van der Waals surface area contributed by atoms with Gasteiger partial charge < -0.3 is 11.1 Å². The van der Waals surface area contributed by atoms with Gasteiger partial charge in [0.1, 0.15) is 0 Å². The van der Waals surface area contributed by atoms with E-state index >= 15 is 0 Å². The molecule has 1 aromatic carbocycles. The standard InChI is InChI=1S/C16H19ClN2OS/c17-15-9-7-13(21-15)10-11-19-16(20)14(18)8-6-12-4-2-1-3-5-12/h1-5,7,9,14H,6,8,10-11,18H2,(H,19,20). The van der Waals surface area contributed by atoms with Crippen LogP contribution < -0.4 is 11.1 Å². The summed E-state index contributed by atoms with van der Waals surface area (Å²) < 4.78 is 0.774. The van der Waals surface area contributed by atoms with Crippen molar-refractivity contribution in [1.29, 1.82) is 0 Å². The second-order valence-corrected chi connectivity index (χ2v) is 6.68. The highest BCUT2D eigenvalue weighted by molar-refractivity contribution is 7.16. The van der Waals surface area contributed by atoms with Crippen molar-refractivity contribution < 1.29 is 4.79 Å². The quantitative estimate of drug-likeness (QED) is 0.823. The number of benzene rings is 1. The van der Waals surface area contributed by atoms with Gasteiger partial charge in [0.2, 0.25) is 5.91 Å². The molecular weight excluding hydrogens is 304 g/mol. The molecule has 112 valence electrons. The molecule has 21 heavy (non-hydrogen) atoms. The molecule has 0 radical (unpaired) electrons. The van der Waals surface area contributed by atoms with Gasteiger partial charge in [0.05, 0.1) is 10.4 Å². The van der Waals surface area contributed by atoms with Crippen molar-refractivity contribution in [3.63, 3.8) is 0 Å². The van der Waals surface area contributed by atoms with Crippen LogP contribution in [-0.2, 0) is 17.6 Å². The highest BCUT2D eigenvalue weighted by atomic mass is 35.5. The summed E-state index contributed by atoms with van der Waals surface area (Å²) >= 11 is 7.40. The minimum Gasteiger partial charge on any atom is -0.354 e. The largest absolute Gasteiger partial charge is 0.354 e. The first-order valence-electron chi connectivity index (χ1n) is 6.96. The lowest BCUT2D eigenvalue weighted by atomic mass is 10.1. The van der Waals surface area contributed by atoms with Gasteiger partial charge in [-0.2, -0.15) is 0 Å². The fourth-order valence-electron chi connectivity index (χ4n) is 2.02. The molecule has 1 atom stereocenters. The predicted octanol–water partition coefficient (Wildman–Crippen LogP) is 3.02. The average molecular weight is 323 g/mol. The fourth-order valence-corrected chi connectivity index (χ4v) is 3.11. The van der Waals surface area contributed by atoms with Crippen molar-refractivity contribution in [2.24, 2.45) is 5.73 Å². The van der Waals surface area contributed by atoms with Crippen LogP contribution in [-0.4, -0.2) is 18.5 Å². The van der Waals surface area contributed by atoms with Gasteiger partial charge in [-0.25, -0.2) is 0 Å². The van der Waals surface area contributed by atoms with Gasteiger partial charge in [0.15, 0.2) is 0 Å². The number of rotatable bonds is 7. The molecule has 2 aromatic rings. The molecule has 0 aliphatic carbocycles. The first-order valence-corrected chi connectivity index (χ1v) is 8.16. The molecule has 5 heteroatoms. The number of hydrogen-bond donors (Lipinski definition) is 2. The summed E-state index contributed by atoms with van der Waals surface area (Å²) in [4.78, 5) is 13.1. The number of carbonyl (C=O) groups excluding carboxylic acids is 1. The van der Waals surface area contributed by atoms with E-state index < -0.39 is 6.04 Å². The van der Waals surface area contributed by atoms with Crippen molar-refractivity contribution in [3.05, 3.63) is 57.2 Å². The summed E-state index contributed by atoms with van der Waals surface area (Å²) in [7, 11) is 0. The van der Waals surface area contributed by atoms with Crippen molar-refractivity contribution >= 4 is 28.8 Å². The second kappa shape index (κ2) is 8.17. The van der Waals surface area contributed by atoms with Gasteiger partial charge in [0, 0.05) is 11.4 Å². The van der Waals surface area contributed by atoms with E-state index in [9.17, 15) is 4.79 Å². The second-order valence-electron chi connectivity index (χ2n) is 4.88. The Morgan fingerprint density at radius 2 is 1.95 bits per heavy atom. The van der Waals surface area contributed by atoms with Crippen LogP contribution in [0.15, 0.2) is 42.5 Å². The van der Waals surface area contributed by atoms with Gasteiger partial charge in [0.25, 0.3) is 0 Å². The zero-order chi connectivity index (χ0) is 15.1. The van der Waals surface area contributed by atoms with Gasteiger partial charge in [-0.05, 0) is 37.0 Å². The Balaban J connectivity index is 1.67. The highest BCUT2D eigenvalue weighted by Gasteiger charge is 2.12. The average Bonchev–Trinajstić information content (AvgIpc) is 2.91. The molecule has 0 aliphatic heterocycles. The zero-order valence-electron chi connectivity index (χ0n) is 11.7. The Hall–Kier alpha value is -1.36. The Morgan fingerprint density at radius 1 is 1.19 bits per heavy atom. The molecule has 0 saturated carbocycles. The first kappa shape index (κ1) is 16.0. The Bertz CT molecular complexity index is 571. The summed E-state index contributed by atoms with van der Waals surface area (Å²) in [6, 6.07) is 13.4. The van der Waals surface area contributed by atoms with E-state index in [1.807, 2.05) is 42.5 Å². The van der Waals surface area contributed by atoms with E-state index in [0.29, 0.717) is 13.0 Å². The van der Waals surface area contributed by atoms with E-state index in [-0.39, 0.29) is 5.91 Å². The molecular formula is C16H19ClN2OS. The normalized spacial score (nSPS) is 12.1. The first-order chi connectivity index (χ1) is 10.1. The van der Waals surface area contributed by atoms with Gasteiger partial charge in [-0.3, -0.25) is 4.79 Å². The number of amides is 1. The van der Waals surface area contributed by atoms with Crippen LogP contribution in [0.5, 0.6) is 0 Å². The van der Waals surface area contributed by atoms with E-state index in [0.717, 1.165) is 22.1 Å². The van der Waals surface area contributed by atoms with E-state index in [1.54, 1.807) is 0 Å². The maximum atomic E-state index is 11.9. The van der Waals surface area contributed by atoms with Gasteiger partial charge in [-0.15, -0.1) is 11.3 Å². The summed E-state index contributed by atoms with van der Waals surface area (Å²) in [5.41, 5.74) is 7.12. The Kier molecular flexibility index (Phi) is 6.23. The molecule has 0 saturated heterocycles. The lowest BCUT2D eigenvalue weighted by Crippen LogP contribution is -2.41. The molecule has 1 aromatic heterocycles. The predicted molar refractivity (Wildman–Crippen MR) is 88.8 cm³/mol. The number of nitrogens with one attached hydrogen (secondary N) is 1. The van der Waals surface area contributed by atoms with Gasteiger partial charge in [-0.1, -0.05) is 41.9 Å². The van der Waals surface area contributed by atoms with Crippen LogP contribution in [0, 0.1) is 0 Å². The molecule has 0 fully saturated rings. The van der Waals surface area contributed by atoms with E-state index in [4.69, 9.17) is 17.3 Å². The van der Waals surface area contributed by atoms with Crippen molar-refractivity contribution in [2.75, 3.05) is 6.54 Å². The van der Waals surface area contributed by atoms with Crippen molar-refractivity contribution in [3.8, 4) is 0 Å². The number of carbonyl (C=O) groups is 1. The van der Waals surface area contributed by atoms with Crippen LogP contribution in [0.3, 0.4) is 0 Å².